The second kappa shape index (κ2) is 13.8. The molecule has 1 heterocycles. The first-order chi connectivity index (χ1) is 10.4. The highest BCUT2D eigenvalue weighted by atomic mass is 16.7. The number of aliphatic hydroxyl groups excluding tert-OH is 1. The zero-order chi connectivity index (χ0) is 17.6. The molecular formula is C16H32O6. The van der Waals surface area contributed by atoms with E-state index in [4.69, 9.17) is 18.9 Å². The molecule has 0 aromatic heterocycles. The second-order valence-electron chi connectivity index (χ2n) is 4.82. The lowest BCUT2D eigenvalue weighted by Gasteiger charge is -2.19. The van der Waals surface area contributed by atoms with E-state index in [9.17, 15) is 9.90 Å². The highest BCUT2D eigenvalue weighted by molar-refractivity contribution is 5.50. The molecule has 0 bridgehead atoms. The Balaban J connectivity index is 0. The van der Waals surface area contributed by atoms with Crippen LogP contribution in [0.3, 0.4) is 0 Å². The van der Waals surface area contributed by atoms with Gasteiger partial charge < -0.3 is 28.8 Å². The summed E-state index contributed by atoms with van der Waals surface area (Å²) in [6, 6.07) is 0. The lowest BCUT2D eigenvalue weighted by atomic mass is 10.2. The summed E-state index contributed by atoms with van der Waals surface area (Å²) in [6.07, 6.45) is -0.372. The molecule has 22 heavy (non-hydrogen) atoms. The fourth-order valence-corrected chi connectivity index (χ4v) is 1.67. The van der Waals surface area contributed by atoms with Crippen LogP contribution in [0.1, 0.15) is 41.0 Å². The van der Waals surface area contributed by atoms with Gasteiger partial charge in [0.05, 0.1) is 12.7 Å². The number of carbonyl (C=O) groups is 1. The number of rotatable bonds is 7. The first kappa shape index (κ1) is 23.5. The maximum Gasteiger partial charge on any atom is 0.163 e. The van der Waals surface area contributed by atoms with Crippen LogP contribution in [-0.2, 0) is 23.7 Å². The van der Waals surface area contributed by atoms with Gasteiger partial charge in [0.25, 0.3) is 0 Å². The van der Waals surface area contributed by atoms with Gasteiger partial charge in [-0.3, -0.25) is 0 Å². The zero-order valence-electron chi connectivity index (χ0n) is 14.5. The largest absolute Gasteiger partial charge is 0.390 e. The molecule has 2 atom stereocenters. The second-order valence-corrected chi connectivity index (χ2v) is 4.82. The van der Waals surface area contributed by atoms with Gasteiger partial charge in [0.1, 0.15) is 12.4 Å². The Bertz CT molecular complexity index is 263. The molecule has 6 heteroatoms. The molecule has 1 aliphatic heterocycles. The summed E-state index contributed by atoms with van der Waals surface area (Å²) < 4.78 is 20.7. The SMILES string of the molecule is C=C.CC1(C)OC[C@@H]([C@H](O)CC=O)O1.CCOC(C)OCC. The van der Waals surface area contributed by atoms with Gasteiger partial charge >= 0.3 is 0 Å². The van der Waals surface area contributed by atoms with E-state index in [0.29, 0.717) is 12.9 Å². The van der Waals surface area contributed by atoms with Crippen molar-refractivity contribution < 1.29 is 28.8 Å². The van der Waals surface area contributed by atoms with E-state index < -0.39 is 11.9 Å². The zero-order valence-corrected chi connectivity index (χ0v) is 14.5. The van der Waals surface area contributed by atoms with E-state index in [-0.39, 0.29) is 18.8 Å². The molecule has 0 spiro atoms. The minimum atomic E-state index is -0.746. The van der Waals surface area contributed by atoms with Crippen LogP contribution in [-0.4, -0.2) is 55.5 Å². The van der Waals surface area contributed by atoms with Gasteiger partial charge in [0.15, 0.2) is 12.1 Å². The van der Waals surface area contributed by atoms with Crippen LogP contribution in [0.2, 0.25) is 0 Å². The van der Waals surface area contributed by atoms with Gasteiger partial charge in [-0.15, -0.1) is 13.2 Å². The van der Waals surface area contributed by atoms with Crippen LogP contribution in [0.15, 0.2) is 13.2 Å². The van der Waals surface area contributed by atoms with Gasteiger partial charge in [0, 0.05) is 19.6 Å². The molecule has 1 saturated heterocycles. The van der Waals surface area contributed by atoms with Crippen LogP contribution in [0.5, 0.6) is 0 Å². The Hall–Kier alpha value is -0.790. The summed E-state index contributed by atoms with van der Waals surface area (Å²) in [5.74, 6) is -0.630. The molecule has 132 valence electrons. The van der Waals surface area contributed by atoms with Crippen molar-refractivity contribution in [3.63, 3.8) is 0 Å². The third kappa shape index (κ3) is 11.8. The monoisotopic (exact) mass is 320 g/mol. The van der Waals surface area contributed by atoms with Crippen molar-refractivity contribution in [2.24, 2.45) is 0 Å². The molecule has 0 saturated carbocycles. The van der Waals surface area contributed by atoms with Crippen LogP contribution in [0, 0.1) is 0 Å². The Morgan fingerprint density at radius 2 is 1.82 bits per heavy atom. The van der Waals surface area contributed by atoms with Crippen molar-refractivity contribution in [2.75, 3.05) is 19.8 Å². The highest BCUT2D eigenvalue weighted by Gasteiger charge is 2.36. The predicted octanol–water partition coefficient (Wildman–Crippen LogP) is 2.30. The average molecular weight is 320 g/mol. The number of hydrogen-bond acceptors (Lipinski definition) is 6. The quantitative estimate of drug-likeness (QED) is 0.441. The Kier molecular flexibility index (Phi) is 14.8. The molecule has 0 aromatic carbocycles. The summed E-state index contributed by atoms with van der Waals surface area (Å²) in [4.78, 5) is 10.1. The van der Waals surface area contributed by atoms with E-state index in [1.807, 2.05) is 20.8 Å². The van der Waals surface area contributed by atoms with Gasteiger partial charge in [-0.25, -0.2) is 0 Å². The predicted molar refractivity (Wildman–Crippen MR) is 85.6 cm³/mol. The lowest BCUT2D eigenvalue weighted by Crippen LogP contribution is -2.30. The van der Waals surface area contributed by atoms with Crippen LogP contribution in [0.25, 0.3) is 0 Å². The van der Waals surface area contributed by atoms with Gasteiger partial charge in [-0.05, 0) is 34.6 Å². The molecule has 0 amide bonds. The average Bonchev–Trinajstić information content (AvgIpc) is 2.83. The molecule has 0 aromatic rings. The van der Waals surface area contributed by atoms with Gasteiger partial charge in [-0.1, -0.05) is 0 Å². The summed E-state index contributed by atoms with van der Waals surface area (Å²) in [6.45, 7) is 17.2. The minimum Gasteiger partial charge on any atom is -0.390 e. The van der Waals surface area contributed by atoms with Crippen LogP contribution >= 0.6 is 0 Å². The maximum absolute atomic E-state index is 10.1. The molecule has 1 fully saturated rings. The third-order valence-electron chi connectivity index (χ3n) is 2.60. The summed E-state index contributed by atoms with van der Waals surface area (Å²) in [7, 11) is 0. The molecule has 0 radical (unpaired) electrons. The van der Waals surface area contributed by atoms with E-state index in [2.05, 4.69) is 13.2 Å². The fourth-order valence-electron chi connectivity index (χ4n) is 1.67. The maximum atomic E-state index is 10.1. The number of carbonyl (C=O) groups excluding carboxylic acids is 1. The van der Waals surface area contributed by atoms with Gasteiger partial charge in [0.2, 0.25) is 0 Å². The Labute approximate surface area is 134 Å². The van der Waals surface area contributed by atoms with E-state index in [1.54, 1.807) is 13.8 Å². The van der Waals surface area contributed by atoms with Crippen LogP contribution < -0.4 is 0 Å². The smallest absolute Gasteiger partial charge is 0.163 e. The van der Waals surface area contributed by atoms with Crippen molar-refractivity contribution in [3.05, 3.63) is 13.2 Å². The number of ether oxygens (including phenoxy) is 4. The molecule has 6 nitrogen and oxygen atoms in total. The van der Waals surface area contributed by atoms with Crippen molar-refractivity contribution in [1.29, 1.82) is 0 Å². The first-order valence-corrected chi connectivity index (χ1v) is 7.52. The van der Waals surface area contributed by atoms with Gasteiger partial charge in [-0.2, -0.15) is 0 Å². The molecule has 1 N–H and O–H groups in total. The Morgan fingerprint density at radius 1 is 1.32 bits per heavy atom. The highest BCUT2D eigenvalue weighted by Crippen LogP contribution is 2.24. The van der Waals surface area contributed by atoms with E-state index >= 15 is 0 Å². The van der Waals surface area contributed by atoms with E-state index in [0.717, 1.165) is 13.2 Å². The molecule has 1 rings (SSSR count). The fraction of sp³-hybridized carbons (Fsp3) is 0.812. The number of aldehydes is 1. The van der Waals surface area contributed by atoms with Crippen molar-refractivity contribution in [3.8, 4) is 0 Å². The molecule has 0 unspecified atom stereocenters. The van der Waals surface area contributed by atoms with Crippen molar-refractivity contribution in [1.82, 2.24) is 0 Å². The lowest BCUT2D eigenvalue weighted by molar-refractivity contribution is -0.152. The van der Waals surface area contributed by atoms with Crippen LogP contribution in [0.4, 0.5) is 0 Å². The third-order valence-corrected chi connectivity index (χ3v) is 2.60. The van der Waals surface area contributed by atoms with E-state index in [1.165, 1.54) is 0 Å². The summed E-state index contributed by atoms with van der Waals surface area (Å²) >= 11 is 0. The van der Waals surface area contributed by atoms with Crippen molar-refractivity contribution in [2.45, 2.75) is 65.3 Å². The molecular weight excluding hydrogens is 288 g/mol. The first-order valence-electron chi connectivity index (χ1n) is 7.52. The number of aliphatic hydroxyl groups is 1. The number of hydrogen-bond donors (Lipinski definition) is 1. The van der Waals surface area contributed by atoms with Crippen molar-refractivity contribution >= 4 is 6.29 Å². The summed E-state index contributed by atoms with van der Waals surface area (Å²) in [5, 5.41) is 9.34. The topological polar surface area (TPSA) is 74.2 Å². The minimum absolute atomic E-state index is 0.0370. The summed E-state index contributed by atoms with van der Waals surface area (Å²) in [5.41, 5.74) is 0. The molecule has 0 aliphatic carbocycles. The molecule has 1 aliphatic rings. The Morgan fingerprint density at radius 3 is 2.14 bits per heavy atom. The normalized spacial score (nSPS) is 20.4. The standard InChI is InChI=1S/C8H14O4.C6H14O2.C2H4/c1-8(2)11-5-7(12-8)6(10)3-4-9;1-4-7-6(3)8-5-2;1-2/h4,6-7,10H,3,5H2,1-2H3;6H,4-5H2,1-3H3;1-2H2/t6-,7+;;/m1../s1.